The van der Waals surface area contributed by atoms with Crippen LogP contribution in [0.5, 0.6) is 5.75 Å². The molecule has 1 aromatic carbocycles. The molecule has 2 aliphatic rings. The molecule has 160 valence electrons. The Morgan fingerprint density at radius 1 is 1.14 bits per heavy atom. The standard InChI is InChI=1S/C22H34N4O3/c1-3-23-21(25-13-12-24-20(27)17-4-5-17)26-16-22(10-14-29-15-11-22)18-6-8-19(28-2)9-7-18/h6-9,17H,3-5,10-16H2,1-2H3,(H,24,27)(H2,23,25,26). The van der Waals surface area contributed by atoms with Crippen molar-refractivity contribution >= 4 is 11.9 Å². The van der Waals surface area contributed by atoms with Crippen molar-refractivity contribution in [1.29, 1.82) is 0 Å². The van der Waals surface area contributed by atoms with Gasteiger partial charge < -0.3 is 25.4 Å². The number of nitrogens with zero attached hydrogens (tertiary/aromatic N) is 1. The molecule has 1 aliphatic heterocycles. The average molecular weight is 403 g/mol. The van der Waals surface area contributed by atoms with E-state index in [1.165, 1.54) is 5.56 Å². The minimum absolute atomic E-state index is 0.0347. The zero-order valence-corrected chi connectivity index (χ0v) is 17.6. The molecule has 3 N–H and O–H groups in total. The maximum absolute atomic E-state index is 11.7. The number of rotatable bonds is 9. The number of carbonyl (C=O) groups is 1. The van der Waals surface area contributed by atoms with Gasteiger partial charge in [0.2, 0.25) is 5.91 Å². The molecular weight excluding hydrogens is 368 g/mol. The molecule has 1 saturated carbocycles. The molecule has 1 aromatic rings. The van der Waals surface area contributed by atoms with E-state index in [2.05, 4.69) is 35.0 Å². The lowest BCUT2D eigenvalue weighted by molar-refractivity contribution is -0.122. The van der Waals surface area contributed by atoms with E-state index in [0.717, 1.165) is 57.2 Å². The summed E-state index contributed by atoms with van der Waals surface area (Å²) in [6.07, 6.45) is 3.94. The molecule has 7 nitrogen and oxygen atoms in total. The van der Waals surface area contributed by atoms with Gasteiger partial charge in [0.05, 0.1) is 13.7 Å². The van der Waals surface area contributed by atoms with Crippen LogP contribution in [0.25, 0.3) is 0 Å². The van der Waals surface area contributed by atoms with Gasteiger partial charge in [0.25, 0.3) is 0 Å². The Kier molecular flexibility index (Phi) is 7.75. The van der Waals surface area contributed by atoms with E-state index in [4.69, 9.17) is 14.5 Å². The molecule has 0 atom stereocenters. The van der Waals surface area contributed by atoms with Gasteiger partial charge in [0.1, 0.15) is 5.75 Å². The van der Waals surface area contributed by atoms with Crippen molar-refractivity contribution < 1.29 is 14.3 Å². The molecular formula is C22H34N4O3. The number of guanidine groups is 1. The van der Waals surface area contributed by atoms with Crippen LogP contribution < -0.4 is 20.7 Å². The molecule has 1 aliphatic carbocycles. The van der Waals surface area contributed by atoms with Crippen LogP contribution in [0.4, 0.5) is 0 Å². The smallest absolute Gasteiger partial charge is 0.223 e. The summed E-state index contributed by atoms with van der Waals surface area (Å²) in [6.45, 7) is 6.29. The van der Waals surface area contributed by atoms with Gasteiger partial charge in [-0.2, -0.15) is 0 Å². The highest BCUT2D eigenvalue weighted by Crippen LogP contribution is 2.36. The second-order valence-electron chi connectivity index (χ2n) is 7.81. The first-order valence-corrected chi connectivity index (χ1v) is 10.7. The monoisotopic (exact) mass is 402 g/mol. The normalized spacial score (nSPS) is 18.8. The van der Waals surface area contributed by atoms with E-state index in [0.29, 0.717) is 19.6 Å². The second kappa shape index (κ2) is 10.5. The first-order valence-electron chi connectivity index (χ1n) is 10.7. The van der Waals surface area contributed by atoms with Crippen LogP contribution >= 0.6 is 0 Å². The first kappa shape index (κ1) is 21.4. The first-order chi connectivity index (χ1) is 14.2. The number of hydrogen-bond donors (Lipinski definition) is 3. The molecule has 29 heavy (non-hydrogen) atoms. The number of hydrogen-bond acceptors (Lipinski definition) is 4. The Morgan fingerprint density at radius 3 is 2.45 bits per heavy atom. The summed E-state index contributed by atoms with van der Waals surface area (Å²) in [4.78, 5) is 16.6. The molecule has 0 aromatic heterocycles. The predicted molar refractivity (Wildman–Crippen MR) is 114 cm³/mol. The van der Waals surface area contributed by atoms with Gasteiger partial charge in [0, 0.05) is 44.2 Å². The molecule has 7 heteroatoms. The highest BCUT2D eigenvalue weighted by molar-refractivity contribution is 5.81. The zero-order chi connectivity index (χ0) is 20.5. The fourth-order valence-corrected chi connectivity index (χ4v) is 3.67. The quantitative estimate of drug-likeness (QED) is 0.333. The van der Waals surface area contributed by atoms with Gasteiger partial charge >= 0.3 is 0 Å². The van der Waals surface area contributed by atoms with E-state index in [1.807, 2.05) is 12.1 Å². The Hall–Kier alpha value is -2.28. The SMILES string of the molecule is CCNC(=NCC1(c2ccc(OC)cc2)CCOCC1)NCCNC(=O)C1CC1. The highest BCUT2D eigenvalue weighted by atomic mass is 16.5. The van der Waals surface area contributed by atoms with Crippen LogP contribution in [-0.4, -0.2) is 58.4 Å². The van der Waals surface area contributed by atoms with Crippen molar-refractivity contribution in [3.63, 3.8) is 0 Å². The van der Waals surface area contributed by atoms with Gasteiger partial charge in [-0.3, -0.25) is 9.79 Å². The molecule has 3 rings (SSSR count). The predicted octanol–water partition coefficient (Wildman–Crippen LogP) is 1.82. The van der Waals surface area contributed by atoms with Crippen molar-refractivity contribution in [1.82, 2.24) is 16.0 Å². The maximum Gasteiger partial charge on any atom is 0.223 e. The lowest BCUT2D eigenvalue weighted by Gasteiger charge is -2.36. The third-order valence-electron chi connectivity index (χ3n) is 5.70. The van der Waals surface area contributed by atoms with Gasteiger partial charge in [-0.1, -0.05) is 12.1 Å². The Bertz CT molecular complexity index is 680. The van der Waals surface area contributed by atoms with Crippen molar-refractivity contribution in [2.75, 3.05) is 46.5 Å². The summed E-state index contributed by atoms with van der Waals surface area (Å²) in [7, 11) is 1.69. The van der Waals surface area contributed by atoms with Crippen molar-refractivity contribution in [3.05, 3.63) is 29.8 Å². The Balaban J connectivity index is 1.61. The second-order valence-corrected chi connectivity index (χ2v) is 7.81. The van der Waals surface area contributed by atoms with Crippen molar-refractivity contribution in [2.45, 2.75) is 38.0 Å². The van der Waals surface area contributed by atoms with Crippen LogP contribution in [0.3, 0.4) is 0 Å². The molecule has 0 unspecified atom stereocenters. The Morgan fingerprint density at radius 2 is 1.83 bits per heavy atom. The number of benzene rings is 1. The van der Waals surface area contributed by atoms with Gasteiger partial charge in [-0.05, 0) is 50.3 Å². The highest BCUT2D eigenvalue weighted by Gasteiger charge is 2.34. The van der Waals surface area contributed by atoms with Crippen LogP contribution in [0, 0.1) is 5.92 Å². The molecule has 1 amide bonds. The number of carbonyl (C=O) groups excluding carboxylic acids is 1. The van der Waals surface area contributed by atoms with Crippen LogP contribution in [0.15, 0.2) is 29.3 Å². The zero-order valence-electron chi connectivity index (χ0n) is 17.6. The lowest BCUT2D eigenvalue weighted by Crippen LogP contribution is -2.43. The largest absolute Gasteiger partial charge is 0.497 e. The molecule has 0 bridgehead atoms. The average Bonchev–Trinajstić information content (AvgIpc) is 3.61. The van der Waals surface area contributed by atoms with Crippen LogP contribution in [0.2, 0.25) is 0 Å². The van der Waals surface area contributed by atoms with Gasteiger partial charge in [-0.25, -0.2) is 0 Å². The third-order valence-corrected chi connectivity index (χ3v) is 5.70. The molecule has 0 spiro atoms. The summed E-state index contributed by atoms with van der Waals surface area (Å²) >= 11 is 0. The van der Waals surface area contributed by atoms with Crippen molar-refractivity contribution in [3.8, 4) is 5.75 Å². The molecule has 0 radical (unpaired) electrons. The number of ether oxygens (including phenoxy) is 2. The van der Waals surface area contributed by atoms with E-state index in [1.54, 1.807) is 7.11 Å². The number of amides is 1. The van der Waals surface area contributed by atoms with E-state index in [-0.39, 0.29) is 17.2 Å². The van der Waals surface area contributed by atoms with Crippen LogP contribution in [0.1, 0.15) is 38.2 Å². The van der Waals surface area contributed by atoms with Gasteiger partial charge in [-0.15, -0.1) is 0 Å². The minimum Gasteiger partial charge on any atom is -0.497 e. The topological polar surface area (TPSA) is 84.0 Å². The number of aliphatic imine (C=N–C) groups is 1. The van der Waals surface area contributed by atoms with E-state index >= 15 is 0 Å². The summed E-state index contributed by atoms with van der Waals surface area (Å²) < 4.78 is 10.9. The lowest BCUT2D eigenvalue weighted by atomic mass is 9.74. The third kappa shape index (κ3) is 6.10. The van der Waals surface area contributed by atoms with Gasteiger partial charge in [0.15, 0.2) is 5.96 Å². The Labute approximate surface area is 173 Å². The fraction of sp³-hybridized carbons (Fsp3) is 0.636. The molecule has 2 fully saturated rings. The maximum atomic E-state index is 11.7. The fourth-order valence-electron chi connectivity index (χ4n) is 3.67. The number of nitrogens with one attached hydrogen (secondary N) is 3. The summed E-state index contributed by atoms with van der Waals surface area (Å²) in [5, 5.41) is 9.62. The van der Waals surface area contributed by atoms with E-state index in [9.17, 15) is 4.79 Å². The number of methoxy groups -OCH3 is 1. The molecule has 1 heterocycles. The summed E-state index contributed by atoms with van der Waals surface area (Å²) in [6, 6.07) is 8.32. The summed E-state index contributed by atoms with van der Waals surface area (Å²) in [5.41, 5.74) is 1.24. The van der Waals surface area contributed by atoms with E-state index < -0.39 is 0 Å². The summed E-state index contributed by atoms with van der Waals surface area (Å²) in [5.74, 6) is 2.07. The molecule has 1 saturated heterocycles. The minimum atomic E-state index is -0.0347. The van der Waals surface area contributed by atoms with Crippen molar-refractivity contribution in [2.24, 2.45) is 10.9 Å². The van der Waals surface area contributed by atoms with Crippen LogP contribution in [-0.2, 0) is 14.9 Å².